The lowest BCUT2D eigenvalue weighted by molar-refractivity contribution is -0.152. The van der Waals surface area contributed by atoms with E-state index < -0.39 is 18.5 Å². The fourth-order valence-electron chi connectivity index (χ4n) is 3.12. The monoisotopic (exact) mass is 389 g/mol. The molecule has 0 heterocycles. The topological polar surface area (TPSA) is 55.8 Å². The van der Waals surface area contributed by atoms with Crippen LogP contribution in [0.5, 0.6) is 5.75 Å². The molecule has 0 saturated heterocycles. The second kappa shape index (κ2) is 9.06. The minimum atomic E-state index is -0.609. The third kappa shape index (κ3) is 5.02. The van der Waals surface area contributed by atoms with Crippen molar-refractivity contribution in [3.63, 3.8) is 0 Å². The molecule has 0 unspecified atom stereocenters. The number of para-hydroxylation sites is 2. The predicted molar refractivity (Wildman–Crippen MR) is 113 cm³/mol. The SMILES string of the molecule is CC(=O)OCC(=O)Oc1c(C)cc(N(c2ccccc2)c2ccccc2)cc1C. The number of hydrogen-bond donors (Lipinski definition) is 0. The lowest BCUT2D eigenvalue weighted by Crippen LogP contribution is -2.18. The molecule has 3 aromatic carbocycles. The molecule has 3 aromatic rings. The van der Waals surface area contributed by atoms with Crippen LogP contribution < -0.4 is 9.64 Å². The fraction of sp³-hybridized carbons (Fsp3) is 0.167. The lowest BCUT2D eigenvalue weighted by atomic mass is 10.1. The molecule has 0 radical (unpaired) electrons. The Morgan fingerprint density at radius 1 is 0.793 bits per heavy atom. The maximum Gasteiger partial charge on any atom is 0.349 e. The number of carbonyl (C=O) groups is 2. The summed E-state index contributed by atoms with van der Waals surface area (Å²) in [6.07, 6.45) is 0. The number of carbonyl (C=O) groups excluding carboxylic acids is 2. The summed E-state index contributed by atoms with van der Waals surface area (Å²) in [5.41, 5.74) is 4.63. The van der Waals surface area contributed by atoms with Gasteiger partial charge in [0.2, 0.25) is 0 Å². The van der Waals surface area contributed by atoms with Crippen molar-refractivity contribution in [2.24, 2.45) is 0 Å². The van der Waals surface area contributed by atoms with Gasteiger partial charge in [-0.25, -0.2) is 4.79 Å². The zero-order valence-corrected chi connectivity index (χ0v) is 16.7. The Kier molecular flexibility index (Phi) is 6.29. The minimum Gasteiger partial charge on any atom is -0.454 e. The van der Waals surface area contributed by atoms with Crippen LogP contribution in [0.2, 0.25) is 0 Å². The van der Waals surface area contributed by atoms with Gasteiger partial charge in [0.05, 0.1) is 0 Å². The highest BCUT2D eigenvalue weighted by Gasteiger charge is 2.17. The quantitative estimate of drug-likeness (QED) is 0.426. The molecular weight excluding hydrogens is 366 g/mol. The van der Waals surface area contributed by atoms with Crippen molar-refractivity contribution in [3.8, 4) is 5.75 Å². The van der Waals surface area contributed by atoms with Crippen molar-refractivity contribution in [3.05, 3.63) is 83.9 Å². The second-order valence-electron chi connectivity index (χ2n) is 6.67. The van der Waals surface area contributed by atoms with E-state index in [2.05, 4.69) is 4.90 Å². The Balaban J connectivity index is 1.96. The summed E-state index contributed by atoms with van der Waals surface area (Å²) in [5, 5.41) is 0. The maximum atomic E-state index is 12.0. The Morgan fingerprint density at radius 3 is 1.72 bits per heavy atom. The zero-order chi connectivity index (χ0) is 20.8. The molecule has 0 aliphatic heterocycles. The lowest BCUT2D eigenvalue weighted by Gasteiger charge is -2.26. The van der Waals surface area contributed by atoms with Crippen molar-refractivity contribution in [1.82, 2.24) is 0 Å². The fourth-order valence-corrected chi connectivity index (χ4v) is 3.12. The van der Waals surface area contributed by atoms with Gasteiger partial charge in [-0.2, -0.15) is 0 Å². The third-order valence-electron chi connectivity index (χ3n) is 4.34. The number of hydrogen-bond acceptors (Lipinski definition) is 5. The van der Waals surface area contributed by atoms with E-state index >= 15 is 0 Å². The van der Waals surface area contributed by atoms with E-state index in [4.69, 9.17) is 9.47 Å². The van der Waals surface area contributed by atoms with Crippen LogP contribution in [-0.2, 0) is 14.3 Å². The first-order chi connectivity index (χ1) is 14.0. The molecule has 0 N–H and O–H groups in total. The third-order valence-corrected chi connectivity index (χ3v) is 4.34. The summed E-state index contributed by atoms with van der Waals surface area (Å²) in [4.78, 5) is 25.0. The van der Waals surface area contributed by atoms with E-state index in [1.807, 2.05) is 86.6 Å². The highest BCUT2D eigenvalue weighted by molar-refractivity contribution is 5.80. The average molecular weight is 389 g/mol. The Labute approximate surface area is 170 Å². The number of ether oxygens (including phenoxy) is 2. The standard InChI is InChI=1S/C24H23NO4/c1-17-14-22(15-18(2)24(17)29-23(27)16-28-19(3)26)25(20-10-6-4-7-11-20)21-12-8-5-9-13-21/h4-15H,16H2,1-3H3. The number of rotatable bonds is 6. The largest absolute Gasteiger partial charge is 0.454 e. The molecule has 0 fully saturated rings. The van der Waals surface area contributed by atoms with E-state index in [0.717, 1.165) is 28.2 Å². The van der Waals surface area contributed by atoms with E-state index in [9.17, 15) is 9.59 Å². The van der Waals surface area contributed by atoms with E-state index in [0.29, 0.717) is 5.75 Å². The number of aryl methyl sites for hydroxylation is 2. The second-order valence-corrected chi connectivity index (χ2v) is 6.67. The van der Waals surface area contributed by atoms with E-state index in [1.165, 1.54) is 6.92 Å². The summed E-state index contributed by atoms with van der Waals surface area (Å²) < 4.78 is 10.1. The normalized spacial score (nSPS) is 10.3. The van der Waals surface area contributed by atoms with Crippen LogP contribution in [0.15, 0.2) is 72.8 Å². The predicted octanol–water partition coefficient (Wildman–Crippen LogP) is 5.24. The molecule has 0 atom stereocenters. The molecule has 0 aliphatic carbocycles. The maximum absolute atomic E-state index is 12.0. The molecule has 3 rings (SSSR count). The smallest absolute Gasteiger partial charge is 0.349 e. The number of anilines is 3. The van der Waals surface area contributed by atoms with Crippen LogP contribution in [0.4, 0.5) is 17.1 Å². The van der Waals surface area contributed by atoms with E-state index in [1.54, 1.807) is 0 Å². The van der Waals surface area contributed by atoms with Gasteiger partial charge in [-0.15, -0.1) is 0 Å². The molecule has 29 heavy (non-hydrogen) atoms. The highest BCUT2D eigenvalue weighted by atomic mass is 16.6. The first-order valence-electron chi connectivity index (χ1n) is 9.31. The molecule has 5 heteroatoms. The van der Waals surface area contributed by atoms with Crippen LogP contribution in [0.1, 0.15) is 18.1 Å². The van der Waals surface area contributed by atoms with Crippen LogP contribution >= 0.6 is 0 Å². The summed E-state index contributed by atoms with van der Waals surface area (Å²) >= 11 is 0. The number of esters is 2. The molecule has 0 amide bonds. The Morgan fingerprint density at radius 2 is 1.28 bits per heavy atom. The van der Waals surface area contributed by atoms with Gasteiger partial charge in [0.1, 0.15) is 5.75 Å². The van der Waals surface area contributed by atoms with Gasteiger partial charge in [-0.3, -0.25) is 4.79 Å². The van der Waals surface area contributed by atoms with Gasteiger partial charge in [0.15, 0.2) is 6.61 Å². The van der Waals surface area contributed by atoms with Gasteiger partial charge < -0.3 is 14.4 Å². The molecule has 0 saturated carbocycles. The molecule has 5 nitrogen and oxygen atoms in total. The van der Waals surface area contributed by atoms with Crippen LogP contribution in [0.3, 0.4) is 0 Å². The highest BCUT2D eigenvalue weighted by Crippen LogP contribution is 2.37. The average Bonchev–Trinajstić information content (AvgIpc) is 2.71. The first kappa shape index (κ1) is 20.1. The number of nitrogens with zero attached hydrogens (tertiary/aromatic N) is 1. The Hall–Kier alpha value is -3.60. The molecule has 0 bridgehead atoms. The molecule has 148 valence electrons. The van der Waals surface area contributed by atoms with Gasteiger partial charge in [0.25, 0.3) is 0 Å². The van der Waals surface area contributed by atoms with Crippen LogP contribution in [0.25, 0.3) is 0 Å². The van der Waals surface area contributed by atoms with Crippen LogP contribution in [0, 0.1) is 13.8 Å². The minimum absolute atomic E-state index is 0.407. The van der Waals surface area contributed by atoms with Crippen molar-refractivity contribution < 1.29 is 19.1 Å². The van der Waals surface area contributed by atoms with Crippen molar-refractivity contribution in [2.75, 3.05) is 11.5 Å². The summed E-state index contributed by atoms with van der Waals surface area (Å²) in [5.74, 6) is -0.652. The molecule has 0 aliphatic rings. The first-order valence-corrected chi connectivity index (χ1v) is 9.31. The van der Waals surface area contributed by atoms with Gasteiger partial charge in [0, 0.05) is 24.0 Å². The van der Waals surface area contributed by atoms with Crippen molar-refractivity contribution in [1.29, 1.82) is 0 Å². The van der Waals surface area contributed by atoms with Crippen molar-refractivity contribution in [2.45, 2.75) is 20.8 Å². The van der Waals surface area contributed by atoms with Crippen molar-refractivity contribution >= 4 is 29.0 Å². The van der Waals surface area contributed by atoms with Gasteiger partial charge in [-0.1, -0.05) is 36.4 Å². The summed E-state index contributed by atoms with van der Waals surface area (Å²) in [7, 11) is 0. The molecular formula is C24H23NO4. The summed E-state index contributed by atoms with van der Waals surface area (Å²) in [6.45, 7) is 4.62. The zero-order valence-electron chi connectivity index (χ0n) is 16.7. The van der Waals surface area contributed by atoms with Crippen LogP contribution in [-0.4, -0.2) is 18.5 Å². The Bertz CT molecular complexity index is 937. The molecule has 0 aromatic heterocycles. The van der Waals surface area contributed by atoms with Gasteiger partial charge in [-0.05, 0) is 61.4 Å². The number of benzene rings is 3. The summed E-state index contributed by atoms with van der Waals surface area (Å²) in [6, 6.07) is 24.1. The molecule has 0 spiro atoms. The van der Waals surface area contributed by atoms with Gasteiger partial charge >= 0.3 is 11.9 Å². The van der Waals surface area contributed by atoms with E-state index in [-0.39, 0.29) is 0 Å².